The maximum atomic E-state index is 14.7. The topological polar surface area (TPSA) is 88.1 Å². The number of fused-ring (bicyclic) bond motifs is 1. The summed E-state index contributed by atoms with van der Waals surface area (Å²) in [7, 11) is -2.84. The van der Waals surface area contributed by atoms with E-state index in [0.717, 1.165) is 18.9 Å². The predicted octanol–water partition coefficient (Wildman–Crippen LogP) is 4.82. The molecule has 1 saturated carbocycles. The molecule has 11 heteroatoms. The summed E-state index contributed by atoms with van der Waals surface area (Å²) in [4.78, 5) is 27.5. The van der Waals surface area contributed by atoms with E-state index in [4.69, 9.17) is 0 Å². The van der Waals surface area contributed by atoms with Crippen LogP contribution in [0.4, 0.5) is 19.0 Å². The highest BCUT2D eigenvalue weighted by Crippen LogP contribution is 2.47. The Bertz CT molecular complexity index is 1370. The van der Waals surface area contributed by atoms with Crippen molar-refractivity contribution < 1.29 is 22.5 Å². The van der Waals surface area contributed by atoms with Crippen LogP contribution < -0.4 is 10.8 Å². The number of nitrogens with zero attached hydrogens (tertiary/aromatic N) is 4. The summed E-state index contributed by atoms with van der Waals surface area (Å²) in [5.74, 6) is 0.155. The second-order valence-electron chi connectivity index (χ2n) is 9.53. The molecule has 1 amide bonds. The molecule has 1 N–H and O–H groups in total. The van der Waals surface area contributed by atoms with E-state index in [0.29, 0.717) is 53.4 Å². The van der Waals surface area contributed by atoms with Crippen molar-refractivity contribution in [1.29, 1.82) is 0 Å². The number of benzene rings is 1. The summed E-state index contributed by atoms with van der Waals surface area (Å²) >= 11 is 0. The van der Waals surface area contributed by atoms with Gasteiger partial charge in [-0.2, -0.15) is 0 Å². The van der Waals surface area contributed by atoms with Crippen LogP contribution in [0.25, 0.3) is 10.9 Å². The summed E-state index contributed by atoms with van der Waals surface area (Å²) in [5.41, 5.74) is 0.410. The number of amides is 1. The van der Waals surface area contributed by atoms with Crippen molar-refractivity contribution in [2.75, 3.05) is 30.7 Å². The van der Waals surface area contributed by atoms with Crippen molar-refractivity contribution in [1.82, 2.24) is 19.9 Å². The van der Waals surface area contributed by atoms with Crippen LogP contribution >= 0.6 is 7.14 Å². The lowest BCUT2D eigenvalue weighted by molar-refractivity contribution is -0.132. The van der Waals surface area contributed by atoms with E-state index in [2.05, 4.69) is 20.3 Å². The minimum Gasteiger partial charge on any atom is -0.363 e. The minimum atomic E-state index is -2.92. The molecule has 1 atom stereocenters. The molecule has 3 heterocycles. The van der Waals surface area contributed by atoms with Gasteiger partial charge in [-0.15, -0.1) is 0 Å². The van der Waals surface area contributed by atoms with E-state index >= 15 is 0 Å². The smallest absolute Gasteiger partial charge is 0.266 e. The van der Waals surface area contributed by atoms with Gasteiger partial charge in [-0.3, -0.25) is 9.78 Å². The molecule has 1 aliphatic heterocycles. The van der Waals surface area contributed by atoms with E-state index in [1.165, 1.54) is 12.1 Å². The summed E-state index contributed by atoms with van der Waals surface area (Å²) in [6, 6.07) is 4.95. The molecule has 0 unspecified atom stereocenters. The molecule has 2 aliphatic rings. The van der Waals surface area contributed by atoms with Gasteiger partial charge < -0.3 is 14.8 Å². The van der Waals surface area contributed by atoms with Gasteiger partial charge in [-0.25, -0.2) is 23.1 Å². The van der Waals surface area contributed by atoms with Gasteiger partial charge in [0.05, 0.1) is 23.3 Å². The lowest BCUT2D eigenvalue weighted by Gasteiger charge is -2.32. The molecule has 3 aromatic rings. The number of carbonyl (C=O) groups is 1. The van der Waals surface area contributed by atoms with Crippen LogP contribution in [0.5, 0.6) is 0 Å². The molecule has 0 spiro atoms. The fraction of sp³-hybridized carbons (Fsp3) is 0.440. The number of rotatable bonds is 6. The van der Waals surface area contributed by atoms with Crippen LogP contribution in [0.1, 0.15) is 49.2 Å². The minimum absolute atomic E-state index is 0.0898. The first-order chi connectivity index (χ1) is 17.2. The van der Waals surface area contributed by atoms with Gasteiger partial charge in [-0.1, -0.05) is 18.2 Å². The van der Waals surface area contributed by atoms with E-state index < -0.39 is 31.0 Å². The molecule has 1 aliphatic carbocycles. The zero-order chi connectivity index (χ0) is 25.6. The van der Waals surface area contributed by atoms with Crippen LogP contribution in [0.3, 0.4) is 0 Å². The maximum absolute atomic E-state index is 14.7. The number of aromatic nitrogens is 3. The first-order valence-corrected chi connectivity index (χ1v) is 14.1. The van der Waals surface area contributed by atoms with Crippen LogP contribution in [0.2, 0.25) is 0 Å². The molecule has 190 valence electrons. The van der Waals surface area contributed by atoms with Gasteiger partial charge in [-0.05, 0) is 32.8 Å². The Labute approximate surface area is 206 Å². The third-order valence-corrected chi connectivity index (χ3v) is 9.84. The molecule has 1 aromatic carbocycles. The second-order valence-corrected chi connectivity index (χ2v) is 12.7. The monoisotopic (exact) mass is 517 g/mol. The Morgan fingerprint density at radius 1 is 1.17 bits per heavy atom. The fourth-order valence-electron chi connectivity index (χ4n) is 4.65. The number of hydrogen-bond acceptors (Lipinski definition) is 6. The summed E-state index contributed by atoms with van der Waals surface area (Å²) in [6.45, 7) is 4.25. The average Bonchev–Trinajstić information content (AvgIpc) is 3.69. The van der Waals surface area contributed by atoms with Gasteiger partial charge >= 0.3 is 0 Å². The zero-order valence-corrected chi connectivity index (χ0v) is 20.9. The quantitative estimate of drug-likeness (QED) is 0.472. The largest absolute Gasteiger partial charge is 0.363 e. The molecule has 5 rings (SSSR count). The Morgan fingerprint density at radius 2 is 1.86 bits per heavy atom. The number of carbonyl (C=O) groups excluding carboxylic acids is 1. The maximum Gasteiger partial charge on any atom is 0.266 e. The lowest BCUT2D eigenvalue weighted by atomic mass is 10.0. The highest BCUT2D eigenvalue weighted by molar-refractivity contribution is 7.71. The average molecular weight is 517 g/mol. The highest BCUT2D eigenvalue weighted by Gasteiger charge is 2.38. The van der Waals surface area contributed by atoms with Crippen molar-refractivity contribution in [3.8, 4) is 0 Å². The number of anilines is 1. The second kappa shape index (κ2) is 9.47. The lowest BCUT2D eigenvalue weighted by Crippen LogP contribution is -2.42. The van der Waals surface area contributed by atoms with E-state index in [-0.39, 0.29) is 17.4 Å². The third-order valence-electron chi connectivity index (χ3n) is 6.91. The van der Waals surface area contributed by atoms with Crippen molar-refractivity contribution >= 4 is 35.2 Å². The molecular formula is C25H27F3N5O2P. The third kappa shape index (κ3) is 4.71. The molecule has 2 aromatic heterocycles. The van der Waals surface area contributed by atoms with Crippen LogP contribution in [0.15, 0.2) is 30.5 Å². The summed E-state index contributed by atoms with van der Waals surface area (Å²) in [6.07, 6.45) is 1.22. The normalized spacial score (nSPS) is 18.4. The molecular weight excluding hydrogens is 490 g/mol. The van der Waals surface area contributed by atoms with Crippen molar-refractivity contribution in [3.05, 3.63) is 53.2 Å². The van der Waals surface area contributed by atoms with E-state index in [1.54, 1.807) is 31.0 Å². The summed E-state index contributed by atoms with van der Waals surface area (Å²) < 4.78 is 54.9. The molecule has 2 fully saturated rings. The summed E-state index contributed by atoms with van der Waals surface area (Å²) in [5, 5.41) is 3.69. The van der Waals surface area contributed by atoms with Crippen LogP contribution in [-0.2, 0) is 9.36 Å². The van der Waals surface area contributed by atoms with Gasteiger partial charge in [0, 0.05) is 42.3 Å². The van der Waals surface area contributed by atoms with E-state index in [9.17, 15) is 22.5 Å². The molecule has 0 bridgehead atoms. The fourth-order valence-corrected chi connectivity index (χ4v) is 7.09. The Kier molecular flexibility index (Phi) is 6.49. The highest BCUT2D eigenvalue weighted by atomic mass is 31.2. The number of alkyl halides is 2. The van der Waals surface area contributed by atoms with Crippen LogP contribution in [0, 0.1) is 18.7 Å². The zero-order valence-electron chi connectivity index (χ0n) is 20.0. The van der Waals surface area contributed by atoms with Crippen LogP contribution in [-0.4, -0.2) is 51.2 Å². The van der Waals surface area contributed by atoms with Gasteiger partial charge in [0.2, 0.25) is 5.91 Å². The molecule has 1 saturated heterocycles. The Hall–Kier alpha value is -3.00. The molecule has 7 nitrogen and oxygen atoms in total. The first-order valence-electron chi connectivity index (χ1n) is 12.0. The number of hydrogen-bond donors (Lipinski definition) is 1. The molecule has 0 radical (unpaired) electrons. The first kappa shape index (κ1) is 24.7. The number of aryl methyl sites for hydroxylation is 1. The van der Waals surface area contributed by atoms with Gasteiger partial charge in [0.1, 0.15) is 30.0 Å². The van der Waals surface area contributed by atoms with Crippen molar-refractivity contribution in [3.63, 3.8) is 0 Å². The molecule has 36 heavy (non-hydrogen) atoms. The SMILES string of the molecule is Cc1nc(N[C@H](C)c2cccc(C(F)F)c2F)c2cc(P3(=O)CCN(C(=O)C4CC4)CC3)ncc2n1. The van der Waals surface area contributed by atoms with Gasteiger partial charge in [0.15, 0.2) is 0 Å². The Balaban J connectivity index is 1.44. The van der Waals surface area contributed by atoms with Gasteiger partial charge in [0.25, 0.3) is 6.43 Å². The van der Waals surface area contributed by atoms with Crippen molar-refractivity contribution in [2.45, 2.75) is 39.2 Å². The van der Waals surface area contributed by atoms with E-state index in [1.807, 2.05) is 0 Å². The number of nitrogens with one attached hydrogen (secondary N) is 1. The number of halogens is 3. The predicted molar refractivity (Wildman–Crippen MR) is 132 cm³/mol. The number of pyridine rings is 1. The Morgan fingerprint density at radius 3 is 2.53 bits per heavy atom. The van der Waals surface area contributed by atoms with Crippen molar-refractivity contribution in [2.24, 2.45) is 5.92 Å². The standard InChI is InChI=1S/C25H27F3N5O2P/c1-14(17-4-3-5-18(22(17)26)23(27)28)30-24-19-12-21(29-13-20(19)31-15(2)32-24)36(35)10-8-33(9-11-36)25(34)16-6-7-16/h3-5,12-14,16,23H,6-11H2,1-2H3,(H,30,31,32)/t14-/m1/s1.